The van der Waals surface area contributed by atoms with Gasteiger partial charge in [-0.25, -0.2) is 4.98 Å². The van der Waals surface area contributed by atoms with E-state index in [0.717, 1.165) is 29.5 Å². The van der Waals surface area contributed by atoms with Gasteiger partial charge in [-0.2, -0.15) is 13.2 Å². The minimum absolute atomic E-state index is 0.0264. The molecule has 33 heavy (non-hydrogen) atoms. The van der Waals surface area contributed by atoms with Crippen LogP contribution in [0.1, 0.15) is 58.3 Å². The lowest BCUT2D eigenvalue weighted by Crippen LogP contribution is -2.13. The summed E-state index contributed by atoms with van der Waals surface area (Å²) in [4.78, 5) is 14.8. The Labute approximate surface area is 194 Å². The average molecular weight is 475 g/mol. The number of aromatic nitrogens is 1. The van der Waals surface area contributed by atoms with E-state index in [1.165, 1.54) is 47.8 Å². The molecule has 0 bridgehead atoms. The Morgan fingerprint density at radius 3 is 2.55 bits per heavy atom. The van der Waals surface area contributed by atoms with Crippen LogP contribution in [0.2, 0.25) is 0 Å². The monoisotopic (exact) mass is 474 g/mol. The van der Waals surface area contributed by atoms with Crippen LogP contribution in [0.25, 0.3) is 10.6 Å². The molecule has 1 heterocycles. The second kappa shape index (κ2) is 9.63. The first-order valence-corrected chi connectivity index (χ1v) is 12.0. The maximum absolute atomic E-state index is 13.8. The second-order valence-corrected chi connectivity index (χ2v) is 9.46. The van der Waals surface area contributed by atoms with Crippen molar-refractivity contribution < 1.29 is 18.1 Å². The summed E-state index contributed by atoms with van der Waals surface area (Å²) >= 11 is 1.44. The summed E-state index contributed by atoms with van der Waals surface area (Å²) in [7, 11) is 0. The van der Waals surface area contributed by atoms with Crippen LogP contribution in [0, 0.1) is 17.0 Å². The Morgan fingerprint density at radius 1 is 1.06 bits per heavy atom. The highest BCUT2D eigenvalue weighted by Gasteiger charge is 2.34. The van der Waals surface area contributed by atoms with Crippen LogP contribution in [0.5, 0.6) is 0 Å². The van der Waals surface area contributed by atoms with Crippen molar-refractivity contribution in [1.82, 2.24) is 4.98 Å². The van der Waals surface area contributed by atoms with Gasteiger partial charge in [-0.1, -0.05) is 24.6 Å². The Hall–Kier alpha value is -2.74. The predicted molar refractivity (Wildman–Crippen MR) is 123 cm³/mol. The van der Waals surface area contributed by atoms with Gasteiger partial charge in [0.1, 0.15) is 5.01 Å². The second-order valence-electron chi connectivity index (χ2n) is 8.60. The number of halogens is 3. The third kappa shape index (κ3) is 5.61. The number of thiazole rings is 1. The van der Waals surface area contributed by atoms with Gasteiger partial charge in [0.2, 0.25) is 6.54 Å². The number of benzene rings is 2. The summed E-state index contributed by atoms with van der Waals surface area (Å²) in [5, 5.41) is 13.3. The zero-order chi connectivity index (χ0) is 23.6. The normalized spacial score (nSPS) is 14.1. The van der Waals surface area contributed by atoms with Crippen molar-refractivity contribution >= 4 is 11.3 Å². The smallest absolute Gasteiger partial charge is 0.265 e. The maximum Gasteiger partial charge on any atom is 0.416 e. The standard InChI is InChI=1S/C25H25F3N2O2S/c1-16-11-21(23(25(26,27)28)14-18(16)9-10-30(31)32)13-22-15-33-24(29-22)20-8-7-17-5-3-2-4-6-19(17)12-20/h7-8,11-12,14-15H,2-6,9-10,13H2,1H3. The summed E-state index contributed by atoms with van der Waals surface area (Å²) in [6, 6.07) is 8.96. The number of rotatable bonds is 6. The zero-order valence-corrected chi connectivity index (χ0v) is 19.2. The fourth-order valence-corrected chi connectivity index (χ4v) is 5.28. The van der Waals surface area contributed by atoms with E-state index in [2.05, 4.69) is 23.2 Å². The first-order valence-electron chi connectivity index (χ1n) is 11.1. The molecule has 0 amide bonds. The van der Waals surface area contributed by atoms with Crippen LogP contribution in [-0.4, -0.2) is 16.5 Å². The minimum atomic E-state index is -4.54. The number of nitro groups is 1. The molecule has 8 heteroatoms. The molecule has 3 aromatic rings. The van der Waals surface area contributed by atoms with Gasteiger partial charge in [0, 0.05) is 28.7 Å². The molecule has 0 spiro atoms. The van der Waals surface area contributed by atoms with E-state index in [1.807, 2.05) is 5.38 Å². The Kier molecular flexibility index (Phi) is 6.83. The third-order valence-electron chi connectivity index (χ3n) is 6.20. The van der Waals surface area contributed by atoms with Crippen molar-refractivity contribution in [3.63, 3.8) is 0 Å². The lowest BCUT2D eigenvalue weighted by atomic mass is 9.94. The van der Waals surface area contributed by atoms with Gasteiger partial charge in [0.15, 0.2) is 0 Å². The van der Waals surface area contributed by atoms with Crippen LogP contribution < -0.4 is 0 Å². The molecule has 0 aliphatic heterocycles. The third-order valence-corrected chi connectivity index (χ3v) is 7.14. The van der Waals surface area contributed by atoms with Crippen LogP contribution >= 0.6 is 11.3 Å². The Bertz CT molecular complexity index is 1170. The van der Waals surface area contributed by atoms with Gasteiger partial charge < -0.3 is 0 Å². The fraction of sp³-hybridized carbons (Fsp3) is 0.400. The number of fused-ring (bicyclic) bond motifs is 1. The highest BCUT2D eigenvalue weighted by molar-refractivity contribution is 7.13. The molecule has 4 nitrogen and oxygen atoms in total. The van der Waals surface area contributed by atoms with Crippen molar-refractivity contribution in [2.75, 3.05) is 6.54 Å². The van der Waals surface area contributed by atoms with E-state index < -0.39 is 23.2 Å². The number of alkyl halides is 3. The van der Waals surface area contributed by atoms with Crippen molar-refractivity contribution in [3.8, 4) is 10.6 Å². The zero-order valence-electron chi connectivity index (χ0n) is 18.4. The summed E-state index contributed by atoms with van der Waals surface area (Å²) < 4.78 is 41.3. The van der Waals surface area contributed by atoms with E-state index in [-0.39, 0.29) is 18.4 Å². The first-order chi connectivity index (χ1) is 15.7. The van der Waals surface area contributed by atoms with E-state index in [9.17, 15) is 23.3 Å². The SMILES string of the molecule is Cc1cc(Cc2csc(-c3ccc4c(c3)CCCCC4)n2)c(C(F)(F)F)cc1CC[N+](=O)[O-]. The van der Waals surface area contributed by atoms with Crippen LogP contribution in [0.15, 0.2) is 35.7 Å². The lowest BCUT2D eigenvalue weighted by Gasteiger charge is -2.16. The van der Waals surface area contributed by atoms with Gasteiger partial charge in [-0.05, 0) is 72.6 Å². The van der Waals surface area contributed by atoms with E-state index in [1.54, 1.807) is 6.92 Å². The molecule has 0 N–H and O–H groups in total. The topological polar surface area (TPSA) is 56.0 Å². The maximum atomic E-state index is 13.8. The quantitative estimate of drug-likeness (QED) is 0.224. The number of hydrogen-bond donors (Lipinski definition) is 0. The van der Waals surface area contributed by atoms with Gasteiger partial charge >= 0.3 is 6.18 Å². The molecule has 2 aromatic carbocycles. The molecule has 0 unspecified atom stereocenters. The van der Waals surface area contributed by atoms with Gasteiger partial charge in [0.05, 0.1) is 11.3 Å². The molecule has 0 saturated carbocycles. The fourth-order valence-electron chi connectivity index (χ4n) is 4.46. The number of hydrogen-bond acceptors (Lipinski definition) is 4. The van der Waals surface area contributed by atoms with Crippen molar-refractivity contribution in [2.45, 2.75) is 58.0 Å². The summed E-state index contributed by atoms with van der Waals surface area (Å²) in [6.45, 7) is 1.30. The average Bonchev–Trinajstić information content (AvgIpc) is 3.08. The molecule has 4 rings (SSSR count). The highest BCUT2D eigenvalue weighted by Crippen LogP contribution is 2.36. The summed E-state index contributed by atoms with van der Waals surface area (Å²) in [5.41, 5.74) is 4.71. The molecule has 0 atom stereocenters. The minimum Gasteiger partial charge on any atom is -0.265 e. The van der Waals surface area contributed by atoms with Gasteiger partial charge in [0.25, 0.3) is 0 Å². The van der Waals surface area contributed by atoms with E-state index in [0.29, 0.717) is 16.8 Å². The van der Waals surface area contributed by atoms with Crippen molar-refractivity contribution in [1.29, 1.82) is 0 Å². The van der Waals surface area contributed by atoms with Crippen molar-refractivity contribution in [3.05, 3.63) is 84.9 Å². The Balaban J connectivity index is 1.60. The first kappa shape index (κ1) is 23.4. The van der Waals surface area contributed by atoms with Crippen molar-refractivity contribution in [2.24, 2.45) is 0 Å². The Morgan fingerprint density at radius 2 is 1.82 bits per heavy atom. The molecule has 0 saturated heterocycles. The van der Waals surface area contributed by atoms with Crippen LogP contribution in [0.3, 0.4) is 0 Å². The highest BCUT2D eigenvalue weighted by atomic mass is 32.1. The molecular weight excluding hydrogens is 449 g/mol. The molecule has 0 fully saturated rings. The molecule has 174 valence electrons. The lowest BCUT2D eigenvalue weighted by molar-refractivity contribution is -0.479. The van der Waals surface area contributed by atoms with E-state index >= 15 is 0 Å². The molecule has 1 aliphatic carbocycles. The molecular formula is C25H25F3N2O2S. The number of aryl methyl sites for hydroxylation is 3. The number of nitrogens with zero attached hydrogens (tertiary/aromatic N) is 2. The molecule has 1 aromatic heterocycles. The van der Waals surface area contributed by atoms with Crippen LogP contribution in [-0.2, 0) is 31.9 Å². The van der Waals surface area contributed by atoms with Crippen LogP contribution in [0.4, 0.5) is 13.2 Å². The summed E-state index contributed by atoms with van der Waals surface area (Å²) in [6.07, 6.45) is 1.26. The predicted octanol–water partition coefficient (Wildman–Crippen LogP) is 6.82. The van der Waals surface area contributed by atoms with Gasteiger partial charge in [-0.3, -0.25) is 10.1 Å². The molecule has 1 aliphatic rings. The van der Waals surface area contributed by atoms with E-state index in [4.69, 9.17) is 0 Å². The molecule has 0 radical (unpaired) electrons. The largest absolute Gasteiger partial charge is 0.416 e. The summed E-state index contributed by atoms with van der Waals surface area (Å²) in [5.74, 6) is 0. The van der Waals surface area contributed by atoms with Gasteiger partial charge in [-0.15, -0.1) is 11.3 Å².